The van der Waals surface area contributed by atoms with Gasteiger partial charge < -0.3 is 5.32 Å². The number of fused-ring (bicyclic) bond motifs is 1. The van der Waals surface area contributed by atoms with E-state index in [0.717, 1.165) is 31.2 Å². The normalized spacial score (nSPS) is 11.1. The highest BCUT2D eigenvalue weighted by Gasteiger charge is 2.14. The highest BCUT2D eigenvalue weighted by atomic mass is 32.1. The number of benzene rings is 2. The lowest BCUT2D eigenvalue weighted by molar-refractivity contribution is 0.0952. The largest absolute Gasteiger partial charge is 0.350 e. The molecule has 0 radical (unpaired) electrons. The first-order valence-corrected chi connectivity index (χ1v) is 12.1. The predicted molar refractivity (Wildman–Crippen MR) is 134 cm³/mol. The second kappa shape index (κ2) is 9.09. The second-order valence-electron chi connectivity index (χ2n) is 7.51. The zero-order chi connectivity index (χ0) is 22.8. The van der Waals surface area contributed by atoms with E-state index in [0.29, 0.717) is 17.8 Å². The van der Waals surface area contributed by atoms with E-state index in [4.69, 9.17) is 0 Å². The minimum Gasteiger partial charge on any atom is -0.350 e. The van der Waals surface area contributed by atoms with Gasteiger partial charge in [-0.3, -0.25) is 9.59 Å². The molecule has 0 unspecified atom stereocenters. The standard InChI is InChI=1S/C25H20N4O2S2/c1-16-23(33-25(27-16)21-7-4-14-32-21)20-10-11-22(30)29(28-20)13-12-26-24(31)19-9-8-17-5-2-3-6-18(17)15-19/h2-11,14-15H,12-13H2,1H3,(H,26,31). The van der Waals surface area contributed by atoms with Crippen LogP contribution in [0.4, 0.5) is 0 Å². The van der Waals surface area contributed by atoms with Gasteiger partial charge in [-0.2, -0.15) is 5.10 Å². The molecule has 0 aliphatic carbocycles. The van der Waals surface area contributed by atoms with E-state index in [-0.39, 0.29) is 18.0 Å². The molecule has 164 valence electrons. The van der Waals surface area contributed by atoms with Crippen LogP contribution in [0.1, 0.15) is 16.1 Å². The third kappa shape index (κ3) is 4.48. The van der Waals surface area contributed by atoms with Gasteiger partial charge in [-0.05, 0) is 47.3 Å². The molecule has 0 bridgehead atoms. The van der Waals surface area contributed by atoms with Crippen LogP contribution in [0.2, 0.25) is 0 Å². The molecule has 2 aromatic carbocycles. The Morgan fingerprint density at radius 2 is 1.88 bits per heavy atom. The summed E-state index contributed by atoms with van der Waals surface area (Å²) in [5.41, 5.74) is 1.96. The van der Waals surface area contributed by atoms with E-state index >= 15 is 0 Å². The molecular weight excluding hydrogens is 452 g/mol. The third-order valence-corrected chi connectivity index (χ3v) is 7.47. The van der Waals surface area contributed by atoms with E-state index < -0.39 is 0 Å². The maximum atomic E-state index is 12.6. The maximum absolute atomic E-state index is 12.6. The van der Waals surface area contributed by atoms with Crippen LogP contribution in [0.15, 0.2) is 76.9 Å². The Morgan fingerprint density at radius 1 is 1.03 bits per heavy atom. The molecule has 0 aliphatic heterocycles. The van der Waals surface area contributed by atoms with Gasteiger partial charge in [0.25, 0.3) is 11.5 Å². The Labute approximate surface area is 198 Å². The number of carbonyl (C=O) groups is 1. The molecule has 5 rings (SSSR count). The van der Waals surface area contributed by atoms with Crippen molar-refractivity contribution >= 4 is 39.4 Å². The Hall–Kier alpha value is -3.62. The van der Waals surface area contributed by atoms with Gasteiger partial charge in [0.1, 0.15) is 10.7 Å². The van der Waals surface area contributed by atoms with E-state index in [1.165, 1.54) is 10.7 Å². The summed E-state index contributed by atoms with van der Waals surface area (Å²) in [5.74, 6) is -0.177. The van der Waals surface area contributed by atoms with Crippen molar-refractivity contribution in [3.05, 3.63) is 93.7 Å². The number of hydrogen-bond donors (Lipinski definition) is 1. The second-order valence-corrected chi connectivity index (χ2v) is 9.46. The van der Waals surface area contributed by atoms with Gasteiger partial charge in [0.15, 0.2) is 0 Å². The molecule has 3 heterocycles. The smallest absolute Gasteiger partial charge is 0.266 e. The van der Waals surface area contributed by atoms with Crippen LogP contribution >= 0.6 is 22.7 Å². The summed E-state index contributed by atoms with van der Waals surface area (Å²) in [6.07, 6.45) is 0. The van der Waals surface area contributed by atoms with Gasteiger partial charge in [0.2, 0.25) is 0 Å². The Bertz CT molecular complexity index is 1500. The molecule has 33 heavy (non-hydrogen) atoms. The lowest BCUT2D eigenvalue weighted by Gasteiger charge is -2.09. The molecule has 5 aromatic rings. The van der Waals surface area contributed by atoms with Crippen LogP contribution in [0.25, 0.3) is 31.2 Å². The summed E-state index contributed by atoms with van der Waals surface area (Å²) in [6, 6.07) is 20.8. The Kier molecular flexibility index (Phi) is 5.85. The van der Waals surface area contributed by atoms with Gasteiger partial charge in [0, 0.05) is 18.2 Å². The van der Waals surface area contributed by atoms with Crippen molar-refractivity contribution in [1.29, 1.82) is 0 Å². The van der Waals surface area contributed by atoms with E-state index in [1.54, 1.807) is 34.8 Å². The highest BCUT2D eigenvalue weighted by Crippen LogP contribution is 2.35. The minimum absolute atomic E-state index is 0.177. The summed E-state index contributed by atoms with van der Waals surface area (Å²) >= 11 is 3.21. The predicted octanol–water partition coefficient (Wildman–Crippen LogP) is 4.99. The average Bonchev–Trinajstić information content (AvgIpc) is 3.50. The number of aromatic nitrogens is 3. The topological polar surface area (TPSA) is 76.9 Å². The molecule has 6 nitrogen and oxygen atoms in total. The quantitative estimate of drug-likeness (QED) is 0.378. The fourth-order valence-corrected chi connectivity index (χ4v) is 5.41. The van der Waals surface area contributed by atoms with Gasteiger partial charge in [-0.15, -0.1) is 22.7 Å². The van der Waals surface area contributed by atoms with Crippen LogP contribution < -0.4 is 10.9 Å². The van der Waals surface area contributed by atoms with E-state index in [1.807, 2.05) is 60.8 Å². The van der Waals surface area contributed by atoms with Crippen molar-refractivity contribution in [2.75, 3.05) is 6.54 Å². The first kappa shape index (κ1) is 21.2. The molecule has 0 fully saturated rings. The summed E-state index contributed by atoms with van der Waals surface area (Å²) in [7, 11) is 0. The lowest BCUT2D eigenvalue weighted by atomic mass is 10.1. The van der Waals surface area contributed by atoms with Crippen LogP contribution in [0, 0.1) is 6.92 Å². The van der Waals surface area contributed by atoms with E-state index in [9.17, 15) is 9.59 Å². The molecule has 3 aromatic heterocycles. The first-order chi connectivity index (χ1) is 16.1. The maximum Gasteiger partial charge on any atom is 0.266 e. The van der Waals surface area contributed by atoms with Crippen LogP contribution in [0.5, 0.6) is 0 Å². The summed E-state index contributed by atoms with van der Waals surface area (Å²) < 4.78 is 1.39. The molecule has 8 heteroatoms. The summed E-state index contributed by atoms with van der Waals surface area (Å²) in [5, 5.41) is 12.5. The van der Waals surface area contributed by atoms with Crippen molar-refractivity contribution < 1.29 is 4.79 Å². The van der Waals surface area contributed by atoms with Gasteiger partial charge in [-0.25, -0.2) is 9.67 Å². The highest BCUT2D eigenvalue weighted by molar-refractivity contribution is 7.23. The lowest BCUT2D eigenvalue weighted by Crippen LogP contribution is -2.31. The zero-order valence-corrected chi connectivity index (χ0v) is 19.5. The van der Waals surface area contributed by atoms with Crippen molar-refractivity contribution in [3.63, 3.8) is 0 Å². The number of carbonyl (C=O) groups excluding carboxylic acids is 1. The SMILES string of the molecule is Cc1nc(-c2cccs2)sc1-c1ccc(=O)n(CCNC(=O)c2ccc3ccccc3c2)n1. The molecule has 1 amide bonds. The molecule has 0 spiro atoms. The number of nitrogens with one attached hydrogen (secondary N) is 1. The Morgan fingerprint density at radius 3 is 2.70 bits per heavy atom. The monoisotopic (exact) mass is 472 g/mol. The summed E-state index contributed by atoms with van der Waals surface area (Å²) in [4.78, 5) is 31.7. The molecule has 1 N–H and O–H groups in total. The Balaban J connectivity index is 1.30. The molecular formula is C25H20N4O2S2. The molecule has 0 saturated carbocycles. The third-order valence-electron chi connectivity index (χ3n) is 5.25. The number of amides is 1. The summed E-state index contributed by atoms with van der Waals surface area (Å²) in [6.45, 7) is 2.52. The number of rotatable bonds is 6. The van der Waals surface area contributed by atoms with Gasteiger partial charge in [0.05, 0.1) is 22.0 Å². The van der Waals surface area contributed by atoms with Crippen molar-refractivity contribution in [3.8, 4) is 20.5 Å². The molecule has 0 aliphatic rings. The fourth-order valence-electron chi connectivity index (χ4n) is 3.58. The first-order valence-electron chi connectivity index (χ1n) is 10.5. The van der Waals surface area contributed by atoms with Gasteiger partial charge in [-0.1, -0.05) is 36.4 Å². The molecule has 0 atom stereocenters. The molecule has 0 saturated heterocycles. The minimum atomic E-state index is -0.209. The van der Waals surface area contributed by atoms with Crippen molar-refractivity contribution in [2.24, 2.45) is 0 Å². The number of aryl methyl sites for hydroxylation is 1. The number of thiophene rings is 1. The van der Waals surface area contributed by atoms with Crippen molar-refractivity contribution in [2.45, 2.75) is 13.5 Å². The van der Waals surface area contributed by atoms with Crippen LogP contribution in [-0.2, 0) is 6.54 Å². The van der Waals surface area contributed by atoms with Gasteiger partial charge >= 0.3 is 0 Å². The van der Waals surface area contributed by atoms with Crippen LogP contribution in [0.3, 0.4) is 0 Å². The zero-order valence-electron chi connectivity index (χ0n) is 17.8. The number of nitrogens with zero attached hydrogens (tertiary/aromatic N) is 3. The number of hydrogen-bond acceptors (Lipinski definition) is 6. The number of thiazole rings is 1. The van der Waals surface area contributed by atoms with E-state index in [2.05, 4.69) is 15.4 Å². The van der Waals surface area contributed by atoms with Crippen LogP contribution in [-0.4, -0.2) is 27.2 Å². The fraction of sp³-hybridized carbons (Fsp3) is 0.120. The average molecular weight is 473 g/mol. The van der Waals surface area contributed by atoms with Crippen molar-refractivity contribution in [1.82, 2.24) is 20.1 Å².